The van der Waals surface area contributed by atoms with Gasteiger partial charge in [-0.2, -0.15) is 13.2 Å². The lowest BCUT2D eigenvalue weighted by atomic mass is 10.0. The molecule has 6 heteroatoms. The SMILES string of the molecule is COc1ccc(CC2CNCCO2)cc1C(F)(F)F. The monoisotopic (exact) mass is 275 g/mol. The minimum Gasteiger partial charge on any atom is -0.496 e. The van der Waals surface area contributed by atoms with Crippen molar-refractivity contribution in [2.24, 2.45) is 0 Å². The van der Waals surface area contributed by atoms with Crippen LogP contribution in [0.5, 0.6) is 5.75 Å². The number of rotatable bonds is 3. The summed E-state index contributed by atoms with van der Waals surface area (Å²) in [5, 5.41) is 3.15. The predicted molar refractivity (Wildman–Crippen MR) is 64.3 cm³/mol. The summed E-state index contributed by atoms with van der Waals surface area (Å²) in [4.78, 5) is 0. The number of hydrogen-bond donors (Lipinski definition) is 1. The molecule has 0 amide bonds. The van der Waals surface area contributed by atoms with Crippen molar-refractivity contribution in [2.45, 2.75) is 18.7 Å². The Morgan fingerprint density at radius 2 is 2.21 bits per heavy atom. The highest BCUT2D eigenvalue weighted by molar-refractivity contribution is 5.39. The number of benzene rings is 1. The van der Waals surface area contributed by atoms with Gasteiger partial charge in [0.2, 0.25) is 0 Å². The molecule has 106 valence electrons. The molecule has 1 N–H and O–H groups in total. The number of alkyl halides is 3. The highest BCUT2D eigenvalue weighted by atomic mass is 19.4. The molecule has 0 spiro atoms. The molecule has 1 aromatic carbocycles. The fourth-order valence-electron chi connectivity index (χ4n) is 2.12. The van der Waals surface area contributed by atoms with Crippen molar-refractivity contribution in [1.82, 2.24) is 5.32 Å². The Labute approximate surface area is 109 Å². The van der Waals surface area contributed by atoms with Gasteiger partial charge in [-0.15, -0.1) is 0 Å². The van der Waals surface area contributed by atoms with Crippen LogP contribution in [0.1, 0.15) is 11.1 Å². The van der Waals surface area contributed by atoms with Gasteiger partial charge >= 0.3 is 6.18 Å². The van der Waals surface area contributed by atoms with E-state index in [-0.39, 0.29) is 11.9 Å². The molecule has 0 bridgehead atoms. The molecule has 1 aliphatic rings. The quantitative estimate of drug-likeness (QED) is 0.917. The zero-order valence-electron chi connectivity index (χ0n) is 10.6. The molecule has 1 atom stereocenters. The first-order valence-electron chi connectivity index (χ1n) is 6.07. The summed E-state index contributed by atoms with van der Waals surface area (Å²) in [7, 11) is 1.23. The van der Waals surface area contributed by atoms with E-state index in [1.54, 1.807) is 6.07 Å². The number of ether oxygens (including phenoxy) is 2. The minimum atomic E-state index is -4.41. The van der Waals surface area contributed by atoms with E-state index in [1.807, 2.05) is 0 Å². The first kappa shape index (κ1) is 14.1. The molecule has 2 rings (SSSR count). The van der Waals surface area contributed by atoms with Gasteiger partial charge in [0.05, 0.1) is 25.4 Å². The van der Waals surface area contributed by atoms with Crippen LogP contribution in [0, 0.1) is 0 Å². The average Bonchev–Trinajstić information content (AvgIpc) is 2.39. The Morgan fingerprint density at radius 3 is 2.79 bits per heavy atom. The Bertz CT molecular complexity index is 428. The van der Waals surface area contributed by atoms with Gasteiger partial charge in [0.15, 0.2) is 0 Å². The normalized spacial score (nSPS) is 20.3. The largest absolute Gasteiger partial charge is 0.496 e. The third-order valence-electron chi connectivity index (χ3n) is 3.04. The first-order valence-corrected chi connectivity index (χ1v) is 6.07. The molecule has 1 heterocycles. The number of hydrogen-bond acceptors (Lipinski definition) is 3. The summed E-state index contributed by atoms with van der Waals surface area (Å²) < 4.78 is 48.9. The molecule has 0 aliphatic carbocycles. The summed E-state index contributed by atoms with van der Waals surface area (Å²) in [6.45, 7) is 2.03. The second-order valence-electron chi connectivity index (χ2n) is 4.43. The average molecular weight is 275 g/mol. The highest BCUT2D eigenvalue weighted by Crippen LogP contribution is 2.36. The fourth-order valence-corrected chi connectivity index (χ4v) is 2.12. The molecule has 1 aliphatic heterocycles. The van der Waals surface area contributed by atoms with Crippen LogP contribution in [0.2, 0.25) is 0 Å². The maximum Gasteiger partial charge on any atom is 0.419 e. The summed E-state index contributed by atoms with van der Waals surface area (Å²) in [5.74, 6) is -0.154. The smallest absolute Gasteiger partial charge is 0.419 e. The molecule has 0 radical (unpaired) electrons. The lowest BCUT2D eigenvalue weighted by molar-refractivity contribution is -0.138. The Kier molecular flexibility index (Phi) is 4.31. The van der Waals surface area contributed by atoms with Gasteiger partial charge in [-0.05, 0) is 24.1 Å². The van der Waals surface area contributed by atoms with Gasteiger partial charge in [-0.25, -0.2) is 0 Å². The van der Waals surface area contributed by atoms with E-state index in [2.05, 4.69) is 5.32 Å². The Balaban J connectivity index is 2.17. The maximum absolute atomic E-state index is 12.9. The summed E-state index contributed by atoms with van der Waals surface area (Å²) in [6.07, 6.45) is -4.03. The molecule has 1 fully saturated rings. The van der Waals surface area contributed by atoms with Gasteiger partial charge < -0.3 is 14.8 Å². The molecule has 1 aromatic rings. The molecule has 0 saturated carbocycles. The van der Waals surface area contributed by atoms with Crippen LogP contribution in [0.15, 0.2) is 18.2 Å². The lowest BCUT2D eigenvalue weighted by Gasteiger charge is -2.24. The molecule has 1 unspecified atom stereocenters. The molecule has 1 saturated heterocycles. The van der Waals surface area contributed by atoms with E-state index in [9.17, 15) is 13.2 Å². The standard InChI is InChI=1S/C13H16F3NO2/c1-18-12-3-2-9(7-11(12)13(14,15)16)6-10-8-17-4-5-19-10/h2-3,7,10,17H,4-6,8H2,1H3. The third-order valence-corrected chi connectivity index (χ3v) is 3.04. The van der Waals surface area contributed by atoms with Crippen molar-refractivity contribution in [1.29, 1.82) is 0 Å². The van der Waals surface area contributed by atoms with E-state index in [1.165, 1.54) is 13.2 Å². The van der Waals surface area contributed by atoms with Gasteiger partial charge in [0.1, 0.15) is 5.75 Å². The van der Waals surface area contributed by atoms with Crippen molar-refractivity contribution in [2.75, 3.05) is 26.8 Å². The van der Waals surface area contributed by atoms with Crippen molar-refractivity contribution in [3.8, 4) is 5.75 Å². The first-order chi connectivity index (χ1) is 9.00. The van der Waals surface area contributed by atoms with Crippen LogP contribution >= 0.6 is 0 Å². The van der Waals surface area contributed by atoms with E-state index in [4.69, 9.17) is 9.47 Å². The number of halogens is 3. The van der Waals surface area contributed by atoms with Crippen molar-refractivity contribution >= 4 is 0 Å². The van der Waals surface area contributed by atoms with Crippen LogP contribution in [-0.4, -0.2) is 32.9 Å². The topological polar surface area (TPSA) is 30.5 Å². The van der Waals surface area contributed by atoms with Crippen LogP contribution < -0.4 is 10.1 Å². The predicted octanol–water partition coefficient (Wildman–Crippen LogP) is 2.24. The Morgan fingerprint density at radius 1 is 1.42 bits per heavy atom. The third kappa shape index (κ3) is 3.61. The summed E-state index contributed by atoms with van der Waals surface area (Å²) in [6, 6.07) is 4.14. The van der Waals surface area contributed by atoms with Crippen molar-refractivity contribution < 1.29 is 22.6 Å². The van der Waals surface area contributed by atoms with Gasteiger partial charge in [0.25, 0.3) is 0 Å². The van der Waals surface area contributed by atoms with E-state index < -0.39 is 11.7 Å². The minimum absolute atomic E-state index is 0.0803. The van der Waals surface area contributed by atoms with E-state index >= 15 is 0 Å². The Hall–Kier alpha value is -1.27. The van der Waals surface area contributed by atoms with Crippen LogP contribution in [0.4, 0.5) is 13.2 Å². The van der Waals surface area contributed by atoms with Gasteiger partial charge in [-0.1, -0.05) is 6.07 Å². The number of morpholine rings is 1. The highest BCUT2D eigenvalue weighted by Gasteiger charge is 2.34. The van der Waals surface area contributed by atoms with Crippen LogP contribution in [0.3, 0.4) is 0 Å². The second kappa shape index (κ2) is 5.79. The van der Waals surface area contributed by atoms with E-state index in [0.717, 1.165) is 12.6 Å². The number of nitrogens with one attached hydrogen (secondary N) is 1. The maximum atomic E-state index is 12.9. The van der Waals surface area contributed by atoms with E-state index in [0.29, 0.717) is 25.1 Å². The molecule has 0 aromatic heterocycles. The zero-order chi connectivity index (χ0) is 13.9. The summed E-state index contributed by atoms with van der Waals surface area (Å²) >= 11 is 0. The van der Waals surface area contributed by atoms with Gasteiger partial charge in [-0.3, -0.25) is 0 Å². The van der Waals surface area contributed by atoms with Crippen molar-refractivity contribution in [3.63, 3.8) is 0 Å². The molecular weight excluding hydrogens is 259 g/mol. The lowest BCUT2D eigenvalue weighted by Crippen LogP contribution is -2.39. The zero-order valence-corrected chi connectivity index (χ0v) is 10.6. The molecular formula is C13H16F3NO2. The fraction of sp³-hybridized carbons (Fsp3) is 0.538. The van der Waals surface area contributed by atoms with Gasteiger partial charge in [0, 0.05) is 13.1 Å². The van der Waals surface area contributed by atoms with Crippen molar-refractivity contribution in [3.05, 3.63) is 29.3 Å². The van der Waals surface area contributed by atoms with Crippen LogP contribution in [0.25, 0.3) is 0 Å². The molecule has 3 nitrogen and oxygen atoms in total. The summed E-state index contributed by atoms with van der Waals surface area (Å²) in [5.41, 5.74) is -0.141. The molecule has 19 heavy (non-hydrogen) atoms. The number of methoxy groups -OCH3 is 1. The second-order valence-corrected chi connectivity index (χ2v) is 4.43. The van der Waals surface area contributed by atoms with Crippen LogP contribution in [-0.2, 0) is 17.3 Å².